The summed E-state index contributed by atoms with van der Waals surface area (Å²) in [5, 5.41) is 18.5. The fraction of sp³-hybridized carbons (Fsp3) is 0.111. The van der Waals surface area contributed by atoms with E-state index in [0.29, 0.717) is 16.6 Å². The lowest BCUT2D eigenvalue weighted by Gasteiger charge is -1.97. The van der Waals surface area contributed by atoms with Crippen LogP contribution in [0.25, 0.3) is 11.0 Å². The van der Waals surface area contributed by atoms with Crippen LogP contribution in [-0.4, -0.2) is 15.1 Å². The van der Waals surface area contributed by atoms with Crippen molar-refractivity contribution in [1.29, 1.82) is 5.26 Å². The first kappa shape index (κ1) is 7.77. The van der Waals surface area contributed by atoms with Crippen LogP contribution in [0.1, 0.15) is 11.1 Å². The van der Waals surface area contributed by atoms with Crippen molar-refractivity contribution >= 4 is 11.0 Å². The first-order valence-corrected chi connectivity index (χ1v) is 3.82. The number of aliphatic hydroxyl groups is 1. The highest BCUT2D eigenvalue weighted by Crippen LogP contribution is 2.19. The van der Waals surface area contributed by atoms with Gasteiger partial charge in [-0.1, -0.05) is 0 Å². The van der Waals surface area contributed by atoms with Gasteiger partial charge in [0.15, 0.2) is 0 Å². The van der Waals surface area contributed by atoms with Crippen molar-refractivity contribution in [3.05, 3.63) is 29.6 Å². The minimum absolute atomic E-state index is 0.0778. The zero-order chi connectivity index (χ0) is 9.26. The third-order valence-corrected chi connectivity index (χ3v) is 1.95. The van der Waals surface area contributed by atoms with E-state index in [1.54, 1.807) is 18.5 Å². The minimum Gasteiger partial charge on any atom is -0.392 e. The zero-order valence-corrected chi connectivity index (χ0v) is 6.78. The van der Waals surface area contributed by atoms with Gasteiger partial charge >= 0.3 is 0 Å². The number of fused-ring (bicyclic) bond motifs is 1. The number of aliphatic hydroxyl groups excluding tert-OH is 1. The van der Waals surface area contributed by atoms with Crippen LogP contribution < -0.4 is 0 Å². The van der Waals surface area contributed by atoms with Gasteiger partial charge in [0.25, 0.3) is 0 Å². The van der Waals surface area contributed by atoms with Gasteiger partial charge < -0.3 is 10.1 Å². The lowest BCUT2D eigenvalue weighted by molar-refractivity contribution is 0.283. The van der Waals surface area contributed by atoms with Crippen LogP contribution in [0.15, 0.2) is 18.5 Å². The third-order valence-electron chi connectivity index (χ3n) is 1.95. The fourth-order valence-corrected chi connectivity index (χ4v) is 1.34. The molecule has 0 fully saturated rings. The van der Waals surface area contributed by atoms with E-state index in [9.17, 15) is 0 Å². The maximum atomic E-state index is 9.02. The van der Waals surface area contributed by atoms with Crippen LogP contribution in [0.2, 0.25) is 0 Å². The quantitative estimate of drug-likeness (QED) is 0.673. The molecule has 0 aliphatic heterocycles. The molecule has 0 saturated carbocycles. The second-order valence-corrected chi connectivity index (χ2v) is 2.67. The number of nitriles is 1. The van der Waals surface area contributed by atoms with Crippen molar-refractivity contribution in [2.45, 2.75) is 6.61 Å². The van der Waals surface area contributed by atoms with Crippen LogP contribution in [0.3, 0.4) is 0 Å². The van der Waals surface area contributed by atoms with Crippen LogP contribution in [0, 0.1) is 11.3 Å². The molecule has 2 aromatic heterocycles. The molecule has 4 nitrogen and oxygen atoms in total. The number of aromatic nitrogens is 2. The number of pyridine rings is 1. The Bertz CT molecular complexity index is 481. The predicted octanol–water partition coefficient (Wildman–Crippen LogP) is 0.927. The Morgan fingerprint density at radius 1 is 1.62 bits per heavy atom. The van der Waals surface area contributed by atoms with Gasteiger partial charge in [0, 0.05) is 17.8 Å². The molecule has 2 N–H and O–H groups in total. The van der Waals surface area contributed by atoms with E-state index in [1.807, 2.05) is 6.07 Å². The monoisotopic (exact) mass is 173 g/mol. The van der Waals surface area contributed by atoms with Gasteiger partial charge in [0.2, 0.25) is 0 Å². The number of aromatic amines is 1. The summed E-state index contributed by atoms with van der Waals surface area (Å²) in [6.07, 6.45) is 3.20. The number of rotatable bonds is 1. The van der Waals surface area contributed by atoms with Gasteiger partial charge in [0.05, 0.1) is 12.2 Å². The van der Waals surface area contributed by atoms with E-state index >= 15 is 0 Å². The van der Waals surface area contributed by atoms with Gasteiger partial charge in [-0.25, -0.2) is 4.98 Å². The summed E-state index contributed by atoms with van der Waals surface area (Å²) in [6, 6.07) is 3.75. The highest BCUT2D eigenvalue weighted by atomic mass is 16.3. The Balaban J connectivity index is 2.85. The minimum atomic E-state index is -0.0778. The van der Waals surface area contributed by atoms with Crippen LogP contribution >= 0.6 is 0 Å². The lowest BCUT2D eigenvalue weighted by Crippen LogP contribution is -1.87. The van der Waals surface area contributed by atoms with E-state index in [1.165, 1.54) is 0 Å². The van der Waals surface area contributed by atoms with E-state index in [0.717, 1.165) is 5.56 Å². The molecular weight excluding hydrogens is 166 g/mol. The van der Waals surface area contributed by atoms with Crippen LogP contribution in [-0.2, 0) is 6.61 Å². The predicted molar refractivity (Wildman–Crippen MR) is 46.7 cm³/mol. The van der Waals surface area contributed by atoms with Crippen molar-refractivity contribution in [3.8, 4) is 6.07 Å². The summed E-state index contributed by atoms with van der Waals surface area (Å²) < 4.78 is 0. The van der Waals surface area contributed by atoms with Crippen molar-refractivity contribution in [3.63, 3.8) is 0 Å². The summed E-state index contributed by atoms with van der Waals surface area (Å²) in [5.74, 6) is 0. The van der Waals surface area contributed by atoms with Crippen molar-refractivity contribution < 1.29 is 5.11 Å². The first-order chi connectivity index (χ1) is 6.36. The van der Waals surface area contributed by atoms with Crippen molar-refractivity contribution in [2.24, 2.45) is 0 Å². The summed E-state index contributed by atoms with van der Waals surface area (Å²) in [6.45, 7) is -0.0778. The van der Waals surface area contributed by atoms with Crippen LogP contribution in [0.4, 0.5) is 0 Å². The van der Waals surface area contributed by atoms with Gasteiger partial charge in [0.1, 0.15) is 11.7 Å². The molecule has 0 unspecified atom stereocenters. The largest absolute Gasteiger partial charge is 0.392 e. The Labute approximate surface area is 74.5 Å². The lowest BCUT2D eigenvalue weighted by atomic mass is 10.1. The number of hydrogen-bond donors (Lipinski definition) is 2. The molecule has 0 aromatic carbocycles. The summed E-state index contributed by atoms with van der Waals surface area (Å²) in [7, 11) is 0. The molecule has 0 bridgehead atoms. The molecule has 0 saturated heterocycles. The van der Waals surface area contributed by atoms with Crippen molar-refractivity contribution in [2.75, 3.05) is 0 Å². The number of hydrogen-bond acceptors (Lipinski definition) is 3. The molecule has 0 aliphatic carbocycles. The first-order valence-electron chi connectivity index (χ1n) is 3.82. The molecule has 2 aromatic rings. The molecule has 0 amide bonds. The second kappa shape index (κ2) is 2.88. The number of nitrogens with one attached hydrogen (secondary N) is 1. The molecule has 64 valence electrons. The second-order valence-electron chi connectivity index (χ2n) is 2.67. The van der Waals surface area contributed by atoms with E-state index in [2.05, 4.69) is 9.97 Å². The Morgan fingerprint density at radius 2 is 2.46 bits per heavy atom. The Hall–Kier alpha value is -1.86. The Kier molecular flexibility index (Phi) is 1.72. The maximum Gasteiger partial charge on any atom is 0.138 e. The average molecular weight is 173 g/mol. The third kappa shape index (κ3) is 1.06. The number of nitrogens with zero attached hydrogens (tertiary/aromatic N) is 2. The van der Waals surface area contributed by atoms with Gasteiger partial charge in [-0.15, -0.1) is 0 Å². The van der Waals surface area contributed by atoms with Gasteiger partial charge in [-0.3, -0.25) is 0 Å². The highest BCUT2D eigenvalue weighted by Gasteiger charge is 2.07. The topological polar surface area (TPSA) is 72.7 Å². The molecule has 0 atom stereocenters. The zero-order valence-electron chi connectivity index (χ0n) is 6.78. The molecule has 13 heavy (non-hydrogen) atoms. The fourth-order valence-electron chi connectivity index (χ4n) is 1.34. The highest BCUT2D eigenvalue weighted by molar-refractivity contribution is 5.85. The number of H-pyrrole nitrogens is 1. The smallest absolute Gasteiger partial charge is 0.138 e. The summed E-state index contributed by atoms with van der Waals surface area (Å²) >= 11 is 0. The van der Waals surface area contributed by atoms with Crippen LogP contribution in [0.5, 0.6) is 0 Å². The maximum absolute atomic E-state index is 9.02. The van der Waals surface area contributed by atoms with Crippen molar-refractivity contribution in [1.82, 2.24) is 9.97 Å². The van der Waals surface area contributed by atoms with E-state index in [-0.39, 0.29) is 6.61 Å². The molecular formula is C9H7N3O. The van der Waals surface area contributed by atoms with E-state index < -0.39 is 0 Å². The SMILES string of the molecule is N#Cc1c[nH]c2nccc(CO)c12. The summed E-state index contributed by atoms with van der Waals surface area (Å²) in [4.78, 5) is 6.91. The molecule has 4 heteroatoms. The summed E-state index contributed by atoms with van der Waals surface area (Å²) in [5.41, 5.74) is 1.89. The van der Waals surface area contributed by atoms with Gasteiger partial charge in [-0.05, 0) is 11.6 Å². The molecule has 0 spiro atoms. The van der Waals surface area contributed by atoms with Gasteiger partial charge in [-0.2, -0.15) is 5.26 Å². The average Bonchev–Trinajstić information content (AvgIpc) is 2.60. The Morgan fingerprint density at radius 3 is 3.15 bits per heavy atom. The normalized spacial score (nSPS) is 10.2. The van der Waals surface area contributed by atoms with E-state index in [4.69, 9.17) is 10.4 Å². The molecule has 0 aliphatic rings. The molecule has 2 heterocycles. The molecule has 0 radical (unpaired) electrons. The standard InChI is InChI=1S/C9H7N3O/c10-3-7-4-12-9-8(7)6(5-13)1-2-11-9/h1-2,4,13H,5H2,(H,11,12). The molecule has 2 rings (SSSR count).